The van der Waals surface area contributed by atoms with Crippen molar-refractivity contribution in [3.8, 4) is 0 Å². The van der Waals surface area contributed by atoms with Gasteiger partial charge in [-0.05, 0) is 31.2 Å². The molecule has 0 bridgehead atoms. The third-order valence-corrected chi connectivity index (χ3v) is 3.92. The first kappa shape index (κ1) is 13.3. The summed E-state index contributed by atoms with van der Waals surface area (Å²) in [5.74, 6) is 5.31. The Hall–Kier alpha value is -2.12. The van der Waals surface area contributed by atoms with Crippen LogP contribution in [0.25, 0.3) is 0 Å². The highest BCUT2D eigenvalue weighted by Crippen LogP contribution is 2.22. The molecule has 0 aliphatic carbocycles. The molecule has 0 saturated carbocycles. The molecule has 2 rings (SSSR count). The van der Waals surface area contributed by atoms with E-state index in [1.807, 2.05) is 0 Å². The van der Waals surface area contributed by atoms with Crippen LogP contribution in [-0.2, 0) is 10.0 Å². The number of hydrogen-bond acceptors (Lipinski definition) is 5. The molecule has 6 nitrogen and oxygen atoms in total. The van der Waals surface area contributed by atoms with Gasteiger partial charge < -0.3 is 5.43 Å². The highest BCUT2D eigenvalue weighted by molar-refractivity contribution is 7.92. The van der Waals surface area contributed by atoms with Gasteiger partial charge in [0.15, 0.2) is 0 Å². The number of para-hydroxylation sites is 1. The molecule has 1 aromatic carbocycles. The number of hydrogen-bond donors (Lipinski definition) is 3. The van der Waals surface area contributed by atoms with E-state index in [0.29, 0.717) is 11.4 Å². The highest BCUT2D eigenvalue weighted by atomic mass is 32.2. The summed E-state index contributed by atoms with van der Waals surface area (Å²) < 4.78 is 27.0. The van der Waals surface area contributed by atoms with Gasteiger partial charge in [-0.15, -0.1) is 0 Å². The summed E-state index contributed by atoms with van der Waals surface area (Å²) in [6.07, 6.45) is 1.54. The average Bonchev–Trinajstić information content (AvgIpc) is 2.38. The fraction of sp³-hybridized carbons (Fsp3) is 0.0833. The number of sulfonamides is 1. The third kappa shape index (κ3) is 3.01. The SMILES string of the molecule is Cc1cc(NS(=O)(=O)c2ccccc2NN)ccn1. The van der Waals surface area contributed by atoms with E-state index in [9.17, 15) is 8.42 Å². The van der Waals surface area contributed by atoms with Crippen LogP contribution in [0.2, 0.25) is 0 Å². The van der Waals surface area contributed by atoms with E-state index in [1.54, 1.807) is 43.5 Å². The monoisotopic (exact) mass is 278 g/mol. The van der Waals surface area contributed by atoms with Gasteiger partial charge in [0.25, 0.3) is 10.0 Å². The lowest BCUT2D eigenvalue weighted by molar-refractivity contribution is 0.601. The van der Waals surface area contributed by atoms with E-state index in [-0.39, 0.29) is 4.90 Å². The Kier molecular flexibility index (Phi) is 3.68. The Morgan fingerprint density at radius 2 is 1.95 bits per heavy atom. The molecule has 19 heavy (non-hydrogen) atoms. The van der Waals surface area contributed by atoms with E-state index >= 15 is 0 Å². The lowest BCUT2D eigenvalue weighted by Gasteiger charge is -2.11. The van der Waals surface area contributed by atoms with Crippen LogP contribution in [0.3, 0.4) is 0 Å². The number of nitrogens with zero attached hydrogens (tertiary/aromatic N) is 1. The normalized spacial score (nSPS) is 11.1. The van der Waals surface area contributed by atoms with Gasteiger partial charge in [-0.1, -0.05) is 12.1 Å². The van der Waals surface area contributed by atoms with E-state index < -0.39 is 10.0 Å². The van der Waals surface area contributed by atoms with E-state index in [1.165, 1.54) is 6.07 Å². The van der Waals surface area contributed by atoms with Gasteiger partial charge in [0.2, 0.25) is 0 Å². The van der Waals surface area contributed by atoms with Crippen LogP contribution in [0.1, 0.15) is 5.69 Å². The molecule has 0 atom stereocenters. The number of nitrogens with two attached hydrogens (primary N) is 1. The minimum Gasteiger partial charge on any atom is -0.323 e. The van der Waals surface area contributed by atoms with Gasteiger partial charge in [0.1, 0.15) is 4.90 Å². The zero-order valence-corrected chi connectivity index (χ0v) is 11.1. The fourth-order valence-electron chi connectivity index (χ4n) is 1.64. The second-order valence-electron chi connectivity index (χ2n) is 3.93. The molecule has 0 spiro atoms. The van der Waals surface area contributed by atoms with Crippen LogP contribution in [-0.4, -0.2) is 13.4 Å². The molecule has 0 aliphatic rings. The van der Waals surface area contributed by atoms with Gasteiger partial charge in [0, 0.05) is 11.9 Å². The molecular weight excluding hydrogens is 264 g/mol. The standard InChI is InChI=1S/C12H14N4O2S/c1-9-8-10(6-7-14-9)16-19(17,18)12-5-3-2-4-11(12)15-13/h2-8,15H,13H2,1H3,(H,14,16). The lowest BCUT2D eigenvalue weighted by Crippen LogP contribution is -2.17. The Balaban J connectivity index is 2.38. The van der Waals surface area contributed by atoms with Crippen molar-refractivity contribution in [2.75, 3.05) is 10.1 Å². The van der Waals surface area contributed by atoms with Crippen LogP contribution in [0.4, 0.5) is 11.4 Å². The summed E-state index contributed by atoms with van der Waals surface area (Å²) in [7, 11) is -3.69. The molecule has 0 fully saturated rings. The van der Waals surface area contributed by atoms with Crippen molar-refractivity contribution < 1.29 is 8.42 Å². The fourth-order valence-corrected chi connectivity index (χ4v) is 2.86. The van der Waals surface area contributed by atoms with Gasteiger partial charge >= 0.3 is 0 Å². The van der Waals surface area contributed by atoms with Crippen LogP contribution >= 0.6 is 0 Å². The number of nitrogens with one attached hydrogen (secondary N) is 2. The first-order valence-corrected chi connectivity index (χ1v) is 7.02. The van der Waals surface area contributed by atoms with Crippen molar-refractivity contribution >= 4 is 21.4 Å². The second-order valence-corrected chi connectivity index (χ2v) is 5.58. The first-order chi connectivity index (χ1) is 9.03. The number of aryl methyl sites for hydroxylation is 1. The second kappa shape index (κ2) is 5.25. The predicted octanol–water partition coefficient (Wildman–Crippen LogP) is 1.48. The summed E-state index contributed by atoms with van der Waals surface area (Å²) in [6, 6.07) is 9.63. The Morgan fingerprint density at radius 1 is 1.21 bits per heavy atom. The molecular formula is C12H14N4O2S. The number of benzene rings is 1. The molecule has 100 valence electrons. The van der Waals surface area contributed by atoms with Crippen molar-refractivity contribution in [1.82, 2.24) is 4.98 Å². The van der Waals surface area contributed by atoms with Crippen molar-refractivity contribution in [2.45, 2.75) is 11.8 Å². The molecule has 1 heterocycles. The number of nitrogen functional groups attached to an aromatic ring is 1. The molecule has 4 N–H and O–H groups in total. The maximum atomic E-state index is 12.3. The first-order valence-electron chi connectivity index (χ1n) is 5.54. The smallest absolute Gasteiger partial charge is 0.264 e. The number of hydrazine groups is 1. The molecule has 0 amide bonds. The van der Waals surface area contributed by atoms with Crippen molar-refractivity contribution in [1.29, 1.82) is 0 Å². The summed E-state index contributed by atoms with van der Waals surface area (Å²) in [6.45, 7) is 1.78. The van der Waals surface area contributed by atoms with Gasteiger partial charge in [-0.2, -0.15) is 0 Å². The molecule has 0 radical (unpaired) electrons. The van der Waals surface area contributed by atoms with Crippen LogP contribution in [0, 0.1) is 6.92 Å². The van der Waals surface area contributed by atoms with Crippen LogP contribution in [0.5, 0.6) is 0 Å². The quantitative estimate of drug-likeness (QED) is 0.581. The highest BCUT2D eigenvalue weighted by Gasteiger charge is 2.17. The molecule has 7 heteroatoms. The average molecular weight is 278 g/mol. The molecule has 0 saturated heterocycles. The van der Waals surface area contributed by atoms with Crippen molar-refractivity contribution in [3.05, 3.63) is 48.3 Å². The molecule has 0 aliphatic heterocycles. The topological polar surface area (TPSA) is 97.1 Å². The van der Waals surface area contributed by atoms with E-state index in [4.69, 9.17) is 5.84 Å². The largest absolute Gasteiger partial charge is 0.323 e. The zero-order chi connectivity index (χ0) is 13.9. The summed E-state index contributed by atoms with van der Waals surface area (Å²) >= 11 is 0. The van der Waals surface area contributed by atoms with Crippen LogP contribution in [0.15, 0.2) is 47.5 Å². The van der Waals surface area contributed by atoms with Gasteiger partial charge in [-0.25, -0.2) is 8.42 Å². The van der Waals surface area contributed by atoms with E-state index in [0.717, 1.165) is 5.69 Å². The molecule has 1 aromatic heterocycles. The van der Waals surface area contributed by atoms with E-state index in [2.05, 4.69) is 15.1 Å². The Labute approximate surface area is 111 Å². The third-order valence-electron chi connectivity index (χ3n) is 2.48. The van der Waals surface area contributed by atoms with Crippen molar-refractivity contribution in [3.63, 3.8) is 0 Å². The maximum absolute atomic E-state index is 12.3. The van der Waals surface area contributed by atoms with Gasteiger partial charge in [-0.3, -0.25) is 15.5 Å². The zero-order valence-electron chi connectivity index (χ0n) is 10.3. The Bertz CT molecular complexity index is 686. The molecule has 0 unspecified atom stereocenters. The Morgan fingerprint density at radius 3 is 2.63 bits per heavy atom. The number of rotatable bonds is 4. The number of pyridine rings is 1. The van der Waals surface area contributed by atoms with Gasteiger partial charge in [0.05, 0.1) is 11.4 Å². The number of aromatic nitrogens is 1. The predicted molar refractivity (Wildman–Crippen MR) is 74.0 cm³/mol. The minimum absolute atomic E-state index is 0.0898. The summed E-state index contributed by atoms with van der Waals surface area (Å²) in [5, 5.41) is 0. The maximum Gasteiger partial charge on any atom is 0.264 e. The van der Waals surface area contributed by atoms with Crippen molar-refractivity contribution in [2.24, 2.45) is 5.84 Å². The lowest BCUT2D eigenvalue weighted by atomic mass is 10.3. The minimum atomic E-state index is -3.69. The number of anilines is 2. The van der Waals surface area contributed by atoms with Crippen LogP contribution < -0.4 is 16.0 Å². The summed E-state index contributed by atoms with van der Waals surface area (Å²) in [5.41, 5.74) is 3.89. The molecule has 2 aromatic rings. The summed E-state index contributed by atoms with van der Waals surface area (Å²) in [4.78, 5) is 4.10.